The van der Waals surface area contributed by atoms with Gasteiger partial charge in [0.15, 0.2) is 5.82 Å². The average molecular weight is 329 g/mol. The Morgan fingerprint density at radius 2 is 2.32 bits per heavy atom. The zero-order valence-corrected chi connectivity index (χ0v) is 12.4. The number of nitrogens with one attached hydrogen (secondary N) is 2. The third-order valence-corrected chi connectivity index (χ3v) is 3.24. The van der Waals surface area contributed by atoms with Gasteiger partial charge in [-0.3, -0.25) is 14.3 Å². The first-order valence-electron chi connectivity index (χ1n) is 6.15. The molecule has 0 saturated carbocycles. The van der Waals surface area contributed by atoms with Gasteiger partial charge in [-0.2, -0.15) is 4.98 Å². The molecule has 1 aromatic rings. The fourth-order valence-corrected chi connectivity index (χ4v) is 2.17. The van der Waals surface area contributed by atoms with Gasteiger partial charge in [-0.25, -0.2) is 0 Å². The second kappa shape index (κ2) is 6.32. The van der Waals surface area contributed by atoms with E-state index in [1.54, 1.807) is 4.90 Å². The summed E-state index contributed by atoms with van der Waals surface area (Å²) in [4.78, 5) is 37.1. The second-order valence-electron chi connectivity index (χ2n) is 4.57. The summed E-state index contributed by atoms with van der Waals surface area (Å²) < 4.78 is 16.0. The molecule has 0 unspecified atom stereocenters. The van der Waals surface area contributed by atoms with Crippen LogP contribution in [0.2, 0.25) is 0 Å². The number of anilines is 3. The highest BCUT2D eigenvalue weighted by molar-refractivity contribution is 7.55. The third-order valence-electron chi connectivity index (χ3n) is 2.70. The monoisotopic (exact) mass is 329 g/mol. The van der Waals surface area contributed by atoms with E-state index in [0.29, 0.717) is 23.7 Å². The fourth-order valence-electron chi connectivity index (χ4n) is 1.76. The first kappa shape index (κ1) is 16.2. The highest BCUT2D eigenvalue weighted by Gasteiger charge is 2.23. The summed E-state index contributed by atoms with van der Waals surface area (Å²) in [6, 6.07) is 0. The largest absolute Gasteiger partial charge is 0.369 e. The molecule has 6 N–H and O–H groups in total. The molecule has 0 fully saturated rings. The maximum Gasteiger partial charge on any atom is 0.349 e. The molecule has 1 aliphatic heterocycles. The van der Waals surface area contributed by atoms with Gasteiger partial charge in [0.1, 0.15) is 12.4 Å². The summed E-state index contributed by atoms with van der Waals surface area (Å²) in [5.41, 5.74) is 5.84. The van der Waals surface area contributed by atoms with E-state index < -0.39 is 7.60 Å². The smallest absolute Gasteiger partial charge is 0.349 e. The van der Waals surface area contributed by atoms with Crippen molar-refractivity contribution in [1.82, 2.24) is 9.97 Å². The zero-order valence-electron chi connectivity index (χ0n) is 11.5. The maximum absolute atomic E-state index is 11.6. The van der Waals surface area contributed by atoms with Gasteiger partial charge in [0.05, 0.1) is 13.3 Å². The second-order valence-corrected chi connectivity index (χ2v) is 6.04. The summed E-state index contributed by atoms with van der Waals surface area (Å²) in [5, 5.41) is 2.87. The van der Waals surface area contributed by atoms with Gasteiger partial charge in [0.2, 0.25) is 5.95 Å². The highest BCUT2D eigenvalue weighted by Crippen LogP contribution is 2.36. The van der Waals surface area contributed by atoms with Crippen LogP contribution in [-0.4, -0.2) is 39.8 Å². The lowest BCUT2D eigenvalue weighted by molar-refractivity contribution is 0.159. The average Bonchev–Trinajstić information content (AvgIpc) is 2.79. The lowest BCUT2D eigenvalue weighted by Crippen LogP contribution is -2.27. The summed E-state index contributed by atoms with van der Waals surface area (Å²) in [7, 11) is -4.21. The van der Waals surface area contributed by atoms with Gasteiger partial charge in [0, 0.05) is 5.82 Å². The van der Waals surface area contributed by atoms with E-state index in [9.17, 15) is 9.36 Å². The van der Waals surface area contributed by atoms with Crippen LogP contribution in [0.25, 0.3) is 0 Å². The zero-order chi connectivity index (χ0) is 16.3. The van der Waals surface area contributed by atoms with Crippen molar-refractivity contribution in [2.75, 3.05) is 36.0 Å². The molecule has 0 atom stereocenters. The Morgan fingerprint density at radius 3 is 3.00 bits per heavy atom. The number of hydrogen-bond donors (Lipinski definition) is 5. The minimum absolute atomic E-state index is 0.00596. The minimum atomic E-state index is -4.21. The molecule has 0 amide bonds. The van der Waals surface area contributed by atoms with Crippen molar-refractivity contribution in [3.8, 4) is 0 Å². The number of nitrogens with zero attached hydrogens (tertiary/aromatic N) is 2. The molecule has 0 aliphatic carbocycles. The Labute approximate surface area is 125 Å². The quantitative estimate of drug-likeness (QED) is 0.351. The number of hydrogen-bond acceptors (Lipinski definition) is 7. The molecule has 2 rings (SSSR count). The Bertz CT molecular complexity index is 709. The van der Waals surface area contributed by atoms with Crippen molar-refractivity contribution >= 4 is 25.0 Å². The van der Waals surface area contributed by atoms with Crippen LogP contribution in [0.4, 0.5) is 17.5 Å². The van der Waals surface area contributed by atoms with Crippen molar-refractivity contribution in [2.45, 2.75) is 0 Å². The molecule has 120 valence electrons. The number of H-pyrrole nitrogens is 1. The normalized spacial score (nSPS) is 14.2. The number of nitrogens with two attached hydrogens (primary N) is 1. The van der Waals surface area contributed by atoms with Crippen LogP contribution in [0.15, 0.2) is 28.8 Å². The van der Waals surface area contributed by atoms with Gasteiger partial charge in [-0.1, -0.05) is 6.58 Å². The highest BCUT2D eigenvalue weighted by atomic mass is 31.2. The van der Waals surface area contributed by atoms with Crippen LogP contribution in [0.1, 0.15) is 0 Å². The predicted octanol–water partition coefficient (Wildman–Crippen LogP) is -0.237. The summed E-state index contributed by atoms with van der Waals surface area (Å²) in [6.07, 6.45) is 1.21. The molecule has 0 spiro atoms. The van der Waals surface area contributed by atoms with Crippen LogP contribution in [-0.2, 0) is 9.30 Å². The van der Waals surface area contributed by atoms with Gasteiger partial charge in [-0.15, -0.1) is 0 Å². The molecule has 22 heavy (non-hydrogen) atoms. The molecule has 11 heteroatoms. The Balaban J connectivity index is 1.91. The SMILES string of the molecule is C=C(C=CP(=O)(O)O)COCN1CNc2c1nc(N)[nH]c2=O. The van der Waals surface area contributed by atoms with Crippen molar-refractivity contribution < 1.29 is 19.1 Å². The standard InChI is InChI=1S/C11H16N5O5P/c1-7(2-3-22(18,19)20)4-21-6-16-5-13-8-9(16)14-11(12)15-10(8)17/h2-3,13H,1,4-6H2,(H2,18,19,20)(H3,12,14,15,17). The number of aromatic amines is 1. The lowest BCUT2D eigenvalue weighted by Gasteiger charge is -2.16. The van der Waals surface area contributed by atoms with E-state index >= 15 is 0 Å². The molecule has 2 heterocycles. The minimum Gasteiger partial charge on any atom is -0.369 e. The Hall–Kier alpha value is -2.13. The molecule has 1 aliphatic rings. The van der Waals surface area contributed by atoms with E-state index in [4.69, 9.17) is 20.3 Å². The third kappa shape index (κ3) is 4.18. The van der Waals surface area contributed by atoms with Crippen LogP contribution >= 0.6 is 7.60 Å². The van der Waals surface area contributed by atoms with Crippen LogP contribution < -0.4 is 21.5 Å². The number of fused-ring (bicyclic) bond motifs is 1. The van der Waals surface area contributed by atoms with Gasteiger partial charge >= 0.3 is 7.60 Å². The summed E-state index contributed by atoms with van der Waals surface area (Å²) in [6.45, 7) is 4.13. The lowest BCUT2D eigenvalue weighted by atomic mass is 10.3. The van der Waals surface area contributed by atoms with Crippen molar-refractivity contribution in [2.24, 2.45) is 0 Å². The molecular weight excluding hydrogens is 313 g/mol. The number of ether oxygens (including phenoxy) is 1. The molecular formula is C11H16N5O5P. The van der Waals surface area contributed by atoms with Crippen molar-refractivity contribution in [3.63, 3.8) is 0 Å². The maximum atomic E-state index is 11.6. The molecule has 1 aromatic heterocycles. The van der Waals surface area contributed by atoms with Crippen molar-refractivity contribution in [1.29, 1.82) is 0 Å². The summed E-state index contributed by atoms with van der Waals surface area (Å²) in [5.74, 6) is 1.15. The number of nitrogen functional groups attached to an aromatic ring is 1. The van der Waals surface area contributed by atoms with Crippen LogP contribution in [0, 0.1) is 0 Å². The van der Waals surface area contributed by atoms with Crippen LogP contribution in [0.3, 0.4) is 0 Å². The number of rotatable bonds is 6. The first-order chi connectivity index (χ1) is 10.3. The van der Waals surface area contributed by atoms with E-state index in [1.165, 1.54) is 6.08 Å². The van der Waals surface area contributed by atoms with Crippen LogP contribution in [0.5, 0.6) is 0 Å². The topological polar surface area (TPSA) is 154 Å². The molecule has 0 aromatic carbocycles. The molecule has 0 radical (unpaired) electrons. The molecule has 0 bridgehead atoms. The van der Waals surface area contributed by atoms with E-state index in [2.05, 4.69) is 21.9 Å². The predicted molar refractivity (Wildman–Crippen MR) is 81.4 cm³/mol. The van der Waals surface area contributed by atoms with E-state index in [0.717, 1.165) is 5.82 Å². The number of aromatic nitrogens is 2. The van der Waals surface area contributed by atoms with E-state index in [-0.39, 0.29) is 24.8 Å². The molecule has 0 saturated heterocycles. The molecule has 10 nitrogen and oxygen atoms in total. The van der Waals surface area contributed by atoms with Gasteiger partial charge in [0.25, 0.3) is 5.56 Å². The van der Waals surface area contributed by atoms with Gasteiger partial charge < -0.3 is 30.5 Å². The van der Waals surface area contributed by atoms with E-state index in [1.807, 2.05) is 0 Å². The van der Waals surface area contributed by atoms with Gasteiger partial charge in [-0.05, 0) is 11.6 Å². The Morgan fingerprint density at radius 1 is 1.59 bits per heavy atom. The summed E-state index contributed by atoms with van der Waals surface area (Å²) >= 11 is 0. The fraction of sp³-hybridized carbons (Fsp3) is 0.273. The first-order valence-corrected chi connectivity index (χ1v) is 7.83. The Kier molecular flexibility index (Phi) is 4.67. The van der Waals surface area contributed by atoms with Crippen molar-refractivity contribution in [3.05, 3.63) is 34.4 Å².